The second-order valence-corrected chi connectivity index (χ2v) is 5.25. The fourth-order valence-corrected chi connectivity index (χ4v) is 2.64. The van der Waals surface area contributed by atoms with Crippen LogP contribution in [0.1, 0.15) is 12.5 Å². The molecule has 3 rings (SSSR count). The molecule has 1 atom stereocenters. The summed E-state index contributed by atoms with van der Waals surface area (Å²) in [6, 6.07) is 12.1. The highest BCUT2D eigenvalue weighted by Crippen LogP contribution is 2.42. The quantitative estimate of drug-likeness (QED) is 0.939. The lowest BCUT2D eigenvalue weighted by Gasteiger charge is -2.28. The Kier molecular flexibility index (Phi) is 4.20. The van der Waals surface area contributed by atoms with Crippen molar-refractivity contribution in [1.82, 2.24) is 5.32 Å². The van der Waals surface area contributed by atoms with E-state index in [0.29, 0.717) is 13.2 Å². The number of rotatable bonds is 4. The number of aryl methyl sites for hydroxylation is 1. The van der Waals surface area contributed by atoms with Gasteiger partial charge in [-0.2, -0.15) is 0 Å². The highest BCUT2D eigenvalue weighted by Gasteiger charge is 2.23. The monoisotopic (exact) mass is 299 g/mol. The van der Waals surface area contributed by atoms with Crippen molar-refractivity contribution in [2.24, 2.45) is 0 Å². The zero-order valence-corrected chi connectivity index (χ0v) is 13.2. The first-order valence-corrected chi connectivity index (χ1v) is 7.56. The Bertz CT molecular complexity index is 669. The Morgan fingerprint density at radius 3 is 2.82 bits per heavy atom. The third kappa shape index (κ3) is 2.74. The summed E-state index contributed by atoms with van der Waals surface area (Å²) in [5.41, 5.74) is 3.31. The SMILES string of the molecule is CCOc1ccc(-c2cccc3c2O[C@H](NC)CO3)c(C)c1. The van der Waals surface area contributed by atoms with E-state index in [4.69, 9.17) is 14.2 Å². The number of ether oxygens (including phenoxy) is 3. The topological polar surface area (TPSA) is 39.7 Å². The summed E-state index contributed by atoms with van der Waals surface area (Å²) in [5, 5.41) is 3.10. The number of para-hydroxylation sites is 1. The van der Waals surface area contributed by atoms with Crippen molar-refractivity contribution in [1.29, 1.82) is 0 Å². The molecule has 4 heteroatoms. The predicted molar refractivity (Wildman–Crippen MR) is 86.8 cm³/mol. The Labute approximate surface area is 131 Å². The van der Waals surface area contributed by atoms with Crippen molar-refractivity contribution in [2.75, 3.05) is 20.3 Å². The molecule has 0 spiro atoms. The lowest BCUT2D eigenvalue weighted by Crippen LogP contribution is -2.39. The zero-order chi connectivity index (χ0) is 15.5. The fourth-order valence-electron chi connectivity index (χ4n) is 2.64. The summed E-state index contributed by atoms with van der Waals surface area (Å²) < 4.78 is 17.4. The van der Waals surface area contributed by atoms with Crippen LogP contribution in [0.2, 0.25) is 0 Å². The Morgan fingerprint density at radius 2 is 2.09 bits per heavy atom. The van der Waals surface area contributed by atoms with E-state index in [-0.39, 0.29) is 6.23 Å². The van der Waals surface area contributed by atoms with Gasteiger partial charge in [0.15, 0.2) is 17.7 Å². The summed E-state index contributed by atoms with van der Waals surface area (Å²) in [6.07, 6.45) is -0.128. The molecule has 1 aliphatic rings. The molecule has 0 unspecified atom stereocenters. The van der Waals surface area contributed by atoms with Crippen molar-refractivity contribution in [3.63, 3.8) is 0 Å². The van der Waals surface area contributed by atoms with Crippen LogP contribution >= 0.6 is 0 Å². The van der Waals surface area contributed by atoms with Gasteiger partial charge in [0.25, 0.3) is 0 Å². The molecule has 1 N–H and O–H groups in total. The molecule has 1 aliphatic heterocycles. The minimum atomic E-state index is -0.128. The van der Waals surface area contributed by atoms with Gasteiger partial charge < -0.3 is 14.2 Å². The first-order chi connectivity index (χ1) is 10.7. The van der Waals surface area contributed by atoms with Crippen LogP contribution in [0.5, 0.6) is 17.2 Å². The van der Waals surface area contributed by atoms with Gasteiger partial charge in [0.2, 0.25) is 0 Å². The average Bonchev–Trinajstić information content (AvgIpc) is 2.54. The van der Waals surface area contributed by atoms with E-state index in [9.17, 15) is 0 Å². The van der Waals surface area contributed by atoms with Crippen molar-refractivity contribution < 1.29 is 14.2 Å². The first kappa shape index (κ1) is 14.7. The van der Waals surface area contributed by atoms with Crippen LogP contribution < -0.4 is 19.5 Å². The number of likely N-dealkylation sites (N-methyl/N-ethyl adjacent to an activating group) is 1. The highest BCUT2D eigenvalue weighted by molar-refractivity contribution is 5.77. The molecule has 0 saturated heterocycles. The zero-order valence-electron chi connectivity index (χ0n) is 13.2. The fraction of sp³-hybridized carbons (Fsp3) is 0.333. The summed E-state index contributed by atoms with van der Waals surface area (Å²) in [5.74, 6) is 2.47. The van der Waals surface area contributed by atoms with Crippen molar-refractivity contribution in [3.05, 3.63) is 42.0 Å². The van der Waals surface area contributed by atoms with Crippen LogP contribution in [0.4, 0.5) is 0 Å². The minimum absolute atomic E-state index is 0.128. The lowest BCUT2D eigenvalue weighted by molar-refractivity contribution is 0.0733. The van der Waals surface area contributed by atoms with Gasteiger partial charge in [-0.25, -0.2) is 0 Å². The molecule has 0 fully saturated rings. The molecule has 22 heavy (non-hydrogen) atoms. The van der Waals surface area contributed by atoms with Gasteiger partial charge in [-0.3, -0.25) is 5.32 Å². The molecule has 4 nitrogen and oxygen atoms in total. The molecule has 0 aromatic heterocycles. The third-order valence-electron chi connectivity index (χ3n) is 3.75. The summed E-state index contributed by atoms with van der Waals surface area (Å²) in [7, 11) is 1.86. The molecular formula is C18H21NO3. The Hall–Kier alpha value is -2.20. The van der Waals surface area contributed by atoms with Crippen LogP contribution in [-0.2, 0) is 0 Å². The minimum Gasteiger partial charge on any atom is -0.494 e. The van der Waals surface area contributed by atoms with E-state index in [0.717, 1.165) is 33.9 Å². The summed E-state index contributed by atoms with van der Waals surface area (Å²) in [6.45, 7) is 5.24. The number of fused-ring (bicyclic) bond motifs is 1. The van der Waals surface area contributed by atoms with Crippen LogP contribution in [0.3, 0.4) is 0 Å². The summed E-state index contributed by atoms with van der Waals surface area (Å²) >= 11 is 0. The molecular weight excluding hydrogens is 278 g/mol. The van der Waals surface area contributed by atoms with Gasteiger partial charge in [-0.05, 0) is 50.2 Å². The Balaban J connectivity index is 2.02. The smallest absolute Gasteiger partial charge is 0.184 e. The van der Waals surface area contributed by atoms with Gasteiger partial charge in [0.1, 0.15) is 12.4 Å². The van der Waals surface area contributed by atoms with Crippen LogP contribution in [0, 0.1) is 6.92 Å². The summed E-state index contributed by atoms with van der Waals surface area (Å²) in [4.78, 5) is 0. The second-order valence-electron chi connectivity index (χ2n) is 5.25. The highest BCUT2D eigenvalue weighted by atomic mass is 16.6. The molecule has 2 aromatic rings. The third-order valence-corrected chi connectivity index (χ3v) is 3.75. The van der Waals surface area contributed by atoms with E-state index in [1.165, 1.54) is 0 Å². The van der Waals surface area contributed by atoms with Crippen LogP contribution in [-0.4, -0.2) is 26.5 Å². The van der Waals surface area contributed by atoms with Gasteiger partial charge in [-0.1, -0.05) is 18.2 Å². The average molecular weight is 299 g/mol. The number of hydrogen-bond acceptors (Lipinski definition) is 4. The van der Waals surface area contributed by atoms with Crippen molar-refractivity contribution >= 4 is 0 Å². The predicted octanol–water partition coefficient (Wildman–Crippen LogP) is 3.38. The van der Waals surface area contributed by atoms with Crippen molar-refractivity contribution in [2.45, 2.75) is 20.1 Å². The lowest BCUT2D eigenvalue weighted by atomic mass is 9.99. The van der Waals surface area contributed by atoms with E-state index in [2.05, 4.69) is 30.4 Å². The van der Waals surface area contributed by atoms with Gasteiger partial charge in [0.05, 0.1) is 6.61 Å². The molecule has 116 valence electrons. The van der Waals surface area contributed by atoms with Gasteiger partial charge in [-0.15, -0.1) is 0 Å². The molecule has 0 saturated carbocycles. The number of nitrogens with one attached hydrogen (secondary N) is 1. The normalized spacial score (nSPS) is 16.4. The van der Waals surface area contributed by atoms with Crippen molar-refractivity contribution in [3.8, 4) is 28.4 Å². The van der Waals surface area contributed by atoms with Gasteiger partial charge in [0, 0.05) is 5.56 Å². The van der Waals surface area contributed by atoms with E-state index in [1.807, 2.05) is 32.2 Å². The second kappa shape index (κ2) is 6.28. The van der Waals surface area contributed by atoms with E-state index in [1.54, 1.807) is 0 Å². The molecule has 1 heterocycles. The number of hydrogen-bond donors (Lipinski definition) is 1. The van der Waals surface area contributed by atoms with Gasteiger partial charge >= 0.3 is 0 Å². The molecule has 0 amide bonds. The van der Waals surface area contributed by atoms with E-state index >= 15 is 0 Å². The van der Waals surface area contributed by atoms with Crippen LogP contribution in [0.25, 0.3) is 11.1 Å². The number of benzene rings is 2. The Morgan fingerprint density at radius 1 is 1.23 bits per heavy atom. The van der Waals surface area contributed by atoms with E-state index < -0.39 is 0 Å². The molecule has 2 aromatic carbocycles. The molecule has 0 aliphatic carbocycles. The maximum Gasteiger partial charge on any atom is 0.184 e. The molecule has 0 radical (unpaired) electrons. The maximum absolute atomic E-state index is 6.03. The maximum atomic E-state index is 6.03. The molecule has 0 bridgehead atoms. The standard InChI is InChI=1S/C18H21NO3/c1-4-20-13-8-9-14(12(2)10-13)15-6-5-7-16-18(15)22-17(19-3)11-21-16/h5-10,17,19H,4,11H2,1-3H3/t17-/m0/s1. The largest absolute Gasteiger partial charge is 0.494 e. The van der Waals surface area contributed by atoms with Crippen LogP contribution in [0.15, 0.2) is 36.4 Å². The first-order valence-electron chi connectivity index (χ1n) is 7.56.